The highest BCUT2D eigenvalue weighted by Gasteiger charge is 2.17. The summed E-state index contributed by atoms with van der Waals surface area (Å²) in [5, 5.41) is 10.9. The van der Waals surface area contributed by atoms with Gasteiger partial charge in [-0.3, -0.25) is 0 Å². The summed E-state index contributed by atoms with van der Waals surface area (Å²) in [6, 6.07) is 0. The molecule has 0 aromatic heterocycles. The average Bonchev–Trinajstić information content (AvgIpc) is 1.98. The van der Waals surface area contributed by atoms with Gasteiger partial charge in [0.05, 0.1) is 4.95 Å². The molecule has 0 heterocycles. The van der Waals surface area contributed by atoms with Crippen LogP contribution in [0.1, 0.15) is 33.1 Å². The number of carbonyl (C=O) groups is 1. The first-order valence-corrected chi connectivity index (χ1v) is 5.16. The van der Waals surface area contributed by atoms with Crippen LogP contribution in [0.5, 0.6) is 0 Å². The molecule has 0 aromatic rings. The Hall–Kier alpha value is 0.230. The minimum Gasteiger partial charge on any atom is -0.465 e. The van der Waals surface area contributed by atoms with E-state index in [4.69, 9.17) is 5.11 Å². The smallest absolute Gasteiger partial charge is 0.405 e. The molecule has 80 valence electrons. The van der Waals surface area contributed by atoms with Gasteiger partial charge in [0.25, 0.3) is 0 Å². The SMILES string of the molecule is Br.CCCC(CC)C(Br)NC(=O)O. The Morgan fingerprint density at radius 2 is 2.08 bits per heavy atom. The van der Waals surface area contributed by atoms with Gasteiger partial charge in [0.2, 0.25) is 0 Å². The van der Waals surface area contributed by atoms with Crippen molar-refractivity contribution in [2.75, 3.05) is 0 Å². The summed E-state index contributed by atoms with van der Waals surface area (Å²) < 4.78 is 0. The lowest BCUT2D eigenvalue weighted by Gasteiger charge is -2.19. The van der Waals surface area contributed by atoms with Crippen LogP contribution in [0.3, 0.4) is 0 Å². The van der Waals surface area contributed by atoms with Crippen molar-refractivity contribution in [2.45, 2.75) is 38.1 Å². The van der Waals surface area contributed by atoms with Gasteiger partial charge in [-0.25, -0.2) is 4.79 Å². The molecule has 0 radical (unpaired) electrons. The van der Waals surface area contributed by atoms with E-state index in [1.807, 2.05) is 0 Å². The highest BCUT2D eigenvalue weighted by molar-refractivity contribution is 9.09. The number of carboxylic acid groups (broad SMARTS) is 1. The molecule has 13 heavy (non-hydrogen) atoms. The third kappa shape index (κ3) is 7.31. The van der Waals surface area contributed by atoms with Gasteiger partial charge >= 0.3 is 6.09 Å². The monoisotopic (exact) mass is 317 g/mol. The topological polar surface area (TPSA) is 49.3 Å². The van der Waals surface area contributed by atoms with E-state index in [2.05, 4.69) is 35.1 Å². The average molecular weight is 319 g/mol. The fourth-order valence-electron chi connectivity index (χ4n) is 1.16. The first-order valence-electron chi connectivity index (χ1n) is 4.25. The molecule has 0 saturated carbocycles. The van der Waals surface area contributed by atoms with Crippen molar-refractivity contribution in [1.82, 2.24) is 5.32 Å². The van der Waals surface area contributed by atoms with E-state index >= 15 is 0 Å². The number of amides is 1. The van der Waals surface area contributed by atoms with E-state index in [0.29, 0.717) is 5.92 Å². The third-order valence-electron chi connectivity index (χ3n) is 1.86. The maximum absolute atomic E-state index is 10.3. The molecule has 1 amide bonds. The van der Waals surface area contributed by atoms with E-state index in [1.54, 1.807) is 0 Å². The van der Waals surface area contributed by atoms with Crippen LogP contribution in [-0.4, -0.2) is 16.2 Å². The van der Waals surface area contributed by atoms with Crippen LogP contribution in [-0.2, 0) is 0 Å². The zero-order valence-corrected chi connectivity index (χ0v) is 11.2. The summed E-state index contributed by atoms with van der Waals surface area (Å²) in [5.74, 6) is 0.395. The van der Waals surface area contributed by atoms with Crippen LogP contribution in [0.15, 0.2) is 0 Å². The van der Waals surface area contributed by atoms with E-state index in [0.717, 1.165) is 19.3 Å². The standard InChI is InChI=1S/C8H16BrNO2.BrH/c1-3-5-6(4-2)7(9)10-8(11)12;/h6-7,10H,3-5H2,1-2H3,(H,11,12);1H. The number of nitrogens with one attached hydrogen (secondary N) is 1. The van der Waals surface area contributed by atoms with Gasteiger partial charge in [-0.05, 0) is 12.3 Å². The molecule has 0 aromatic carbocycles. The number of hydrogen-bond donors (Lipinski definition) is 2. The molecule has 0 spiro atoms. The normalized spacial score (nSPS) is 14.1. The lowest BCUT2D eigenvalue weighted by molar-refractivity contribution is 0.190. The molecule has 0 rings (SSSR count). The predicted molar refractivity (Wildman–Crippen MR) is 62.9 cm³/mol. The van der Waals surface area contributed by atoms with Crippen molar-refractivity contribution in [1.29, 1.82) is 0 Å². The van der Waals surface area contributed by atoms with Crippen LogP contribution < -0.4 is 5.32 Å². The first kappa shape index (κ1) is 15.7. The van der Waals surface area contributed by atoms with Gasteiger partial charge < -0.3 is 10.4 Å². The summed E-state index contributed by atoms with van der Waals surface area (Å²) in [6.07, 6.45) is 2.16. The van der Waals surface area contributed by atoms with E-state index < -0.39 is 6.09 Å². The first-order chi connectivity index (χ1) is 5.61. The van der Waals surface area contributed by atoms with Gasteiger partial charge in [0, 0.05) is 0 Å². The molecule has 0 saturated heterocycles. The van der Waals surface area contributed by atoms with Crippen molar-refractivity contribution in [3.8, 4) is 0 Å². The molecule has 0 aliphatic carbocycles. The number of rotatable bonds is 5. The van der Waals surface area contributed by atoms with Crippen LogP contribution in [0.4, 0.5) is 4.79 Å². The second-order valence-corrected chi connectivity index (χ2v) is 3.79. The Labute approximate surface area is 98.2 Å². The van der Waals surface area contributed by atoms with Crippen molar-refractivity contribution in [2.24, 2.45) is 5.92 Å². The van der Waals surface area contributed by atoms with Crippen LogP contribution >= 0.6 is 32.9 Å². The van der Waals surface area contributed by atoms with Crippen LogP contribution in [0.25, 0.3) is 0 Å². The Morgan fingerprint density at radius 3 is 2.38 bits per heavy atom. The fraction of sp³-hybridized carbons (Fsp3) is 0.875. The second-order valence-electron chi connectivity index (χ2n) is 2.81. The summed E-state index contributed by atoms with van der Waals surface area (Å²) >= 11 is 3.31. The Kier molecular flexibility index (Phi) is 10.6. The van der Waals surface area contributed by atoms with E-state index in [1.165, 1.54) is 0 Å². The summed E-state index contributed by atoms with van der Waals surface area (Å²) in [5.41, 5.74) is 0. The maximum atomic E-state index is 10.3. The minimum atomic E-state index is -0.966. The van der Waals surface area contributed by atoms with Crippen molar-refractivity contribution < 1.29 is 9.90 Å². The summed E-state index contributed by atoms with van der Waals surface area (Å²) in [6.45, 7) is 4.17. The van der Waals surface area contributed by atoms with Gasteiger partial charge in [-0.2, -0.15) is 0 Å². The third-order valence-corrected chi connectivity index (χ3v) is 2.84. The minimum absolute atomic E-state index is 0. The molecule has 2 unspecified atom stereocenters. The zero-order valence-electron chi connectivity index (χ0n) is 7.92. The molecule has 0 aliphatic heterocycles. The largest absolute Gasteiger partial charge is 0.465 e. The predicted octanol–water partition coefficient (Wildman–Crippen LogP) is 3.38. The molecule has 0 bridgehead atoms. The van der Waals surface area contributed by atoms with Gasteiger partial charge in [0.15, 0.2) is 0 Å². The summed E-state index contributed by atoms with van der Waals surface area (Å²) in [7, 11) is 0. The van der Waals surface area contributed by atoms with Crippen LogP contribution in [0.2, 0.25) is 0 Å². The van der Waals surface area contributed by atoms with Gasteiger partial charge in [-0.15, -0.1) is 17.0 Å². The number of halogens is 2. The molecule has 2 atom stereocenters. The molecule has 3 nitrogen and oxygen atoms in total. The van der Waals surface area contributed by atoms with Gasteiger partial charge in [-0.1, -0.05) is 42.6 Å². The Bertz CT molecular complexity index is 144. The van der Waals surface area contributed by atoms with Crippen molar-refractivity contribution in [3.05, 3.63) is 0 Å². The molecule has 0 fully saturated rings. The highest BCUT2D eigenvalue weighted by atomic mass is 79.9. The lowest BCUT2D eigenvalue weighted by Crippen LogP contribution is -2.34. The molecule has 5 heteroatoms. The Morgan fingerprint density at radius 1 is 1.54 bits per heavy atom. The van der Waals surface area contributed by atoms with Crippen molar-refractivity contribution in [3.63, 3.8) is 0 Å². The zero-order chi connectivity index (χ0) is 9.56. The number of alkyl halides is 1. The quantitative estimate of drug-likeness (QED) is 0.603. The molecule has 0 aliphatic rings. The van der Waals surface area contributed by atoms with Crippen LogP contribution in [0, 0.1) is 5.92 Å². The molecule has 2 N–H and O–H groups in total. The maximum Gasteiger partial charge on any atom is 0.405 e. The number of hydrogen-bond acceptors (Lipinski definition) is 1. The van der Waals surface area contributed by atoms with Gasteiger partial charge in [0.1, 0.15) is 0 Å². The van der Waals surface area contributed by atoms with E-state index in [-0.39, 0.29) is 21.9 Å². The fourth-order valence-corrected chi connectivity index (χ4v) is 2.00. The lowest BCUT2D eigenvalue weighted by atomic mass is 10.0. The highest BCUT2D eigenvalue weighted by Crippen LogP contribution is 2.19. The van der Waals surface area contributed by atoms with E-state index in [9.17, 15) is 4.79 Å². The summed E-state index contributed by atoms with van der Waals surface area (Å²) in [4.78, 5) is 10.2. The molecular formula is C8H17Br2NO2. The molecular weight excluding hydrogens is 302 g/mol. The van der Waals surface area contributed by atoms with Crippen molar-refractivity contribution >= 4 is 39.0 Å². The second kappa shape index (κ2) is 8.81. The Balaban J connectivity index is 0.